The molecule has 1 fully saturated rings. The number of hydroxylamine groups is 2. The predicted molar refractivity (Wildman–Crippen MR) is 90.3 cm³/mol. The van der Waals surface area contributed by atoms with Crippen LogP contribution in [-0.4, -0.2) is 69.8 Å². The predicted octanol–water partition coefficient (Wildman–Crippen LogP) is 0.00310. The Labute approximate surface area is 145 Å². The molecule has 0 amide bonds. The van der Waals surface area contributed by atoms with E-state index in [1.165, 1.54) is 12.2 Å². The van der Waals surface area contributed by atoms with Crippen LogP contribution >= 0.6 is 0 Å². The molecule has 5 atom stereocenters. The van der Waals surface area contributed by atoms with E-state index in [4.69, 9.17) is 9.57 Å². The van der Waals surface area contributed by atoms with Gasteiger partial charge >= 0.3 is 0 Å². The van der Waals surface area contributed by atoms with Crippen molar-refractivity contribution in [3.05, 3.63) is 48.0 Å². The maximum atomic E-state index is 10.2. The molecule has 25 heavy (non-hydrogen) atoms. The van der Waals surface area contributed by atoms with E-state index in [0.29, 0.717) is 6.54 Å². The minimum Gasteiger partial charge on any atom is -0.394 e. The molecule has 0 spiro atoms. The Bertz CT molecular complexity index is 709. The third-order valence-corrected chi connectivity index (χ3v) is 4.54. The van der Waals surface area contributed by atoms with Crippen molar-refractivity contribution in [2.45, 2.75) is 37.2 Å². The topological polar surface area (TPSA) is 103 Å². The minimum atomic E-state index is -1.44. The zero-order chi connectivity index (χ0) is 18.0. The van der Waals surface area contributed by atoms with Crippen molar-refractivity contribution in [2.24, 2.45) is 0 Å². The van der Waals surface area contributed by atoms with E-state index in [-0.39, 0.29) is 0 Å². The highest BCUT2D eigenvalue weighted by Crippen LogP contribution is 2.25. The number of fused-ring (bicyclic) bond motifs is 1. The standard InChI is InChI=1S/C18H23NO6/c1-24-19(18-17(23)16(22)15(21)14(10-20)25-18)9-11-6-7-12-4-2-3-5-13(12)8-11/h2-8,14-18,20-23H,9-10H2,1H3/t14?,15-,16+,17?,18-/m1/s1. The van der Waals surface area contributed by atoms with E-state index in [0.717, 1.165) is 16.3 Å². The molecule has 0 aliphatic carbocycles. The fourth-order valence-electron chi connectivity index (χ4n) is 3.10. The van der Waals surface area contributed by atoms with E-state index in [1.807, 2.05) is 42.5 Å². The van der Waals surface area contributed by atoms with Gasteiger partial charge in [0.2, 0.25) is 0 Å². The largest absolute Gasteiger partial charge is 0.394 e. The summed E-state index contributed by atoms with van der Waals surface area (Å²) in [5.74, 6) is 0. The summed E-state index contributed by atoms with van der Waals surface area (Å²) in [6, 6.07) is 13.9. The van der Waals surface area contributed by atoms with Crippen LogP contribution in [0.4, 0.5) is 0 Å². The third kappa shape index (κ3) is 3.68. The Kier molecular flexibility index (Phi) is 5.65. The smallest absolute Gasteiger partial charge is 0.162 e. The average molecular weight is 349 g/mol. The zero-order valence-corrected chi connectivity index (χ0v) is 13.9. The summed E-state index contributed by atoms with van der Waals surface area (Å²) in [5.41, 5.74) is 0.928. The molecule has 7 nitrogen and oxygen atoms in total. The number of rotatable bonds is 5. The van der Waals surface area contributed by atoms with Gasteiger partial charge in [-0.3, -0.25) is 4.84 Å². The van der Waals surface area contributed by atoms with Crippen LogP contribution in [0.5, 0.6) is 0 Å². The summed E-state index contributed by atoms with van der Waals surface area (Å²) in [6.07, 6.45) is -6.20. The number of aliphatic hydroxyl groups is 4. The number of nitrogens with zero attached hydrogens (tertiary/aromatic N) is 1. The highest BCUT2D eigenvalue weighted by atomic mass is 16.7. The normalized spacial score (nSPS) is 30.1. The highest BCUT2D eigenvalue weighted by Gasteiger charge is 2.46. The molecule has 2 aromatic rings. The first kappa shape index (κ1) is 18.2. The van der Waals surface area contributed by atoms with Crippen molar-refractivity contribution >= 4 is 10.8 Å². The van der Waals surface area contributed by atoms with Gasteiger partial charge in [-0.15, -0.1) is 0 Å². The third-order valence-electron chi connectivity index (χ3n) is 4.54. The second-order valence-corrected chi connectivity index (χ2v) is 6.16. The molecule has 1 aliphatic rings. The van der Waals surface area contributed by atoms with E-state index >= 15 is 0 Å². The summed E-state index contributed by atoms with van der Waals surface area (Å²) < 4.78 is 5.53. The van der Waals surface area contributed by atoms with Gasteiger partial charge in [0.05, 0.1) is 20.3 Å². The maximum absolute atomic E-state index is 10.2. The Balaban J connectivity index is 1.80. The van der Waals surface area contributed by atoms with E-state index in [9.17, 15) is 20.4 Å². The highest BCUT2D eigenvalue weighted by molar-refractivity contribution is 5.82. The molecule has 136 valence electrons. The number of aliphatic hydroxyl groups excluding tert-OH is 4. The second kappa shape index (κ2) is 7.76. The van der Waals surface area contributed by atoms with E-state index in [1.54, 1.807) is 0 Å². The van der Waals surface area contributed by atoms with Crippen LogP contribution in [0.25, 0.3) is 10.8 Å². The molecule has 1 aliphatic heterocycles. The van der Waals surface area contributed by atoms with Crippen LogP contribution < -0.4 is 0 Å². The lowest BCUT2D eigenvalue weighted by Gasteiger charge is -2.43. The average Bonchev–Trinajstić information content (AvgIpc) is 2.65. The lowest BCUT2D eigenvalue weighted by atomic mass is 9.98. The molecule has 0 saturated carbocycles. The van der Waals surface area contributed by atoms with Gasteiger partial charge in [0.15, 0.2) is 6.23 Å². The van der Waals surface area contributed by atoms with Crippen LogP contribution in [0.3, 0.4) is 0 Å². The number of ether oxygens (including phenoxy) is 1. The van der Waals surface area contributed by atoms with Crippen LogP contribution in [0.2, 0.25) is 0 Å². The molecular formula is C18H23NO6. The van der Waals surface area contributed by atoms with Crippen molar-refractivity contribution in [3.8, 4) is 0 Å². The molecular weight excluding hydrogens is 326 g/mol. The van der Waals surface area contributed by atoms with Gasteiger partial charge in [0, 0.05) is 0 Å². The molecule has 1 saturated heterocycles. The van der Waals surface area contributed by atoms with Gasteiger partial charge in [0.25, 0.3) is 0 Å². The SMILES string of the molecule is CON(Cc1ccc2ccccc2c1)[C@@H]1OC(CO)[C@@H](O)[C@H](O)C1O. The molecule has 1 heterocycles. The minimum absolute atomic E-state index is 0.296. The van der Waals surface area contributed by atoms with Crippen LogP contribution in [-0.2, 0) is 16.1 Å². The summed E-state index contributed by atoms with van der Waals surface area (Å²) in [6.45, 7) is -0.182. The fourth-order valence-corrected chi connectivity index (χ4v) is 3.10. The molecule has 2 aromatic carbocycles. The van der Waals surface area contributed by atoms with Crippen molar-refractivity contribution in [2.75, 3.05) is 13.7 Å². The Morgan fingerprint density at radius 2 is 1.72 bits per heavy atom. The van der Waals surface area contributed by atoms with Crippen molar-refractivity contribution in [1.82, 2.24) is 5.06 Å². The number of hydrogen-bond acceptors (Lipinski definition) is 7. The fraction of sp³-hybridized carbons (Fsp3) is 0.444. The molecule has 2 unspecified atom stereocenters. The molecule has 3 rings (SSSR count). The molecule has 0 aromatic heterocycles. The van der Waals surface area contributed by atoms with Gasteiger partial charge in [-0.25, -0.2) is 0 Å². The Morgan fingerprint density at radius 1 is 1.00 bits per heavy atom. The summed E-state index contributed by atoms with van der Waals surface area (Å²) in [5, 5.41) is 42.9. The van der Waals surface area contributed by atoms with Gasteiger partial charge in [-0.1, -0.05) is 36.4 Å². The lowest BCUT2D eigenvalue weighted by molar-refractivity contribution is -0.331. The molecule has 0 radical (unpaired) electrons. The lowest BCUT2D eigenvalue weighted by Crippen LogP contribution is -2.62. The first-order chi connectivity index (χ1) is 12.0. The van der Waals surface area contributed by atoms with Crippen LogP contribution in [0.15, 0.2) is 42.5 Å². The quantitative estimate of drug-likeness (QED) is 0.564. The first-order valence-electron chi connectivity index (χ1n) is 8.14. The summed E-state index contributed by atoms with van der Waals surface area (Å²) in [7, 11) is 1.43. The van der Waals surface area contributed by atoms with Crippen LogP contribution in [0.1, 0.15) is 5.56 Å². The molecule has 4 N–H and O–H groups in total. The van der Waals surface area contributed by atoms with Crippen LogP contribution in [0, 0.1) is 0 Å². The Morgan fingerprint density at radius 3 is 2.40 bits per heavy atom. The van der Waals surface area contributed by atoms with E-state index in [2.05, 4.69) is 0 Å². The number of hydrogen-bond donors (Lipinski definition) is 4. The maximum Gasteiger partial charge on any atom is 0.162 e. The van der Waals surface area contributed by atoms with Gasteiger partial charge < -0.3 is 25.2 Å². The van der Waals surface area contributed by atoms with Crippen molar-refractivity contribution in [3.63, 3.8) is 0 Å². The second-order valence-electron chi connectivity index (χ2n) is 6.16. The first-order valence-corrected chi connectivity index (χ1v) is 8.14. The Hall–Kier alpha value is -1.58. The van der Waals surface area contributed by atoms with E-state index < -0.39 is 37.3 Å². The summed E-state index contributed by atoms with van der Waals surface area (Å²) in [4.78, 5) is 5.33. The monoisotopic (exact) mass is 349 g/mol. The number of benzene rings is 2. The van der Waals surface area contributed by atoms with Crippen molar-refractivity contribution in [1.29, 1.82) is 0 Å². The molecule has 7 heteroatoms. The van der Waals surface area contributed by atoms with Gasteiger partial charge in [-0.2, -0.15) is 5.06 Å². The van der Waals surface area contributed by atoms with Gasteiger partial charge in [0.1, 0.15) is 24.4 Å². The van der Waals surface area contributed by atoms with Gasteiger partial charge in [-0.05, 0) is 22.4 Å². The summed E-state index contributed by atoms with van der Waals surface area (Å²) >= 11 is 0. The molecule has 0 bridgehead atoms. The van der Waals surface area contributed by atoms with Crippen molar-refractivity contribution < 1.29 is 30.0 Å². The zero-order valence-electron chi connectivity index (χ0n) is 13.9.